The summed E-state index contributed by atoms with van der Waals surface area (Å²) in [6, 6.07) is 9.31. The number of amides is 1. The molecular formula is C21H26N4O4S. The summed E-state index contributed by atoms with van der Waals surface area (Å²) in [6.07, 6.45) is 3.04. The highest BCUT2D eigenvalue weighted by atomic mass is 32.2. The molecule has 1 aromatic carbocycles. The molecule has 4 rings (SSSR count). The van der Waals surface area contributed by atoms with Crippen molar-refractivity contribution < 1.29 is 13.2 Å². The van der Waals surface area contributed by atoms with Gasteiger partial charge in [0.05, 0.1) is 30.5 Å². The van der Waals surface area contributed by atoms with Crippen molar-refractivity contribution in [2.45, 2.75) is 44.7 Å². The molecule has 2 atom stereocenters. The van der Waals surface area contributed by atoms with E-state index in [2.05, 4.69) is 9.97 Å². The summed E-state index contributed by atoms with van der Waals surface area (Å²) in [5.41, 5.74) is 1.73. The van der Waals surface area contributed by atoms with E-state index in [1.165, 1.54) is 4.31 Å². The van der Waals surface area contributed by atoms with Crippen LogP contribution in [0.15, 0.2) is 35.1 Å². The van der Waals surface area contributed by atoms with E-state index in [4.69, 9.17) is 0 Å². The summed E-state index contributed by atoms with van der Waals surface area (Å²) < 4.78 is 25.2. The number of hydrogen-bond donors (Lipinski definition) is 1. The van der Waals surface area contributed by atoms with E-state index < -0.39 is 10.0 Å². The number of likely N-dealkylation sites (tertiary alicyclic amines) is 1. The molecule has 0 radical (unpaired) electrons. The van der Waals surface area contributed by atoms with Crippen LogP contribution < -0.4 is 5.56 Å². The highest BCUT2D eigenvalue weighted by Gasteiger charge is 2.35. The number of aromatic nitrogens is 2. The Morgan fingerprint density at radius 1 is 1.23 bits per heavy atom. The maximum Gasteiger partial charge on any atom is 0.254 e. The van der Waals surface area contributed by atoms with Crippen LogP contribution in [0.1, 0.15) is 54.4 Å². The molecule has 0 spiro atoms. The van der Waals surface area contributed by atoms with Crippen LogP contribution >= 0.6 is 0 Å². The first-order valence-corrected chi connectivity index (χ1v) is 12.0. The standard InChI is InChI=1S/C21H26N4O4S/c1-14(15-7-4-3-5-8-15)21(27)25-11-6-9-18(25)19-22-17-13-24(30(2,28)29)12-10-16(17)20(26)23-19/h3-5,7-8,14,18H,6,9-13H2,1-2H3,(H,22,23,26)/t14-,18-/m0/s1. The fraction of sp³-hybridized carbons (Fsp3) is 0.476. The Hall–Kier alpha value is -2.52. The molecule has 2 aromatic rings. The minimum atomic E-state index is -3.36. The lowest BCUT2D eigenvalue weighted by Gasteiger charge is -2.29. The van der Waals surface area contributed by atoms with E-state index in [9.17, 15) is 18.0 Å². The average molecular weight is 431 g/mol. The van der Waals surface area contributed by atoms with Gasteiger partial charge in [-0.25, -0.2) is 13.4 Å². The molecule has 9 heteroatoms. The molecule has 0 aliphatic carbocycles. The first-order valence-electron chi connectivity index (χ1n) is 10.2. The number of carbonyl (C=O) groups excluding carboxylic acids is 1. The third-order valence-corrected chi connectivity index (χ3v) is 7.30. The van der Waals surface area contributed by atoms with Gasteiger partial charge in [-0.3, -0.25) is 9.59 Å². The van der Waals surface area contributed by atoms with Crippen molar-refractivity contribution >= 4 is 15.9 Å². The monoisotopic (exact) mass is 430 g/mol. The zero-order valence-corrected chi connectivity index (χ0v) is 18.0. The molecule has 2 aliphatic rings. The molecular weight excluding hydrogens is 404 g/mol. The third kappa shape index (κ3) is 3.91. The van der Waals surface area contributed by atoms with E-state index in [0.29, 0.717) is 36.5 Å². The predicted octanol–water partition coefficient (Wildman–Crippen LogP) is 1.55. The Labute approximate surface area is 176 Å². The number of rotatable bonds is 4. The van der Waals surface area contributed by atoms with Gasteiger partial charge in [0.1, 0.15) is 5.82 Å². The van der Waals surface area contributed by atoms with Gasteiger partial charge < -0.3 is 9.88 Å². The first-order chi connectivity index (χ1) is 14.3. The Balaban J connectivity index is 1.63. The molecule has 1 saturated heterocycles. The quantitative estimate of drug-likeness (QED) is 0.793. The highest BCUT2D eigenvalue weighted by Crippen LogP contribution is 2.33. The minimum Gasteiger partial charge on any atom is -0.332 e. The third-order valence-electron chi connectivity index (χ3n) is 6.05. The number of carbonyl (C=O) groups is 1. The van der Waals surface area contributed by atoms with E-state index in [-0.39, 0.29) is 36.5 Å². The molecule has 2 aliphatic heterocycles. The molecule has 160 valence electrons. The van der Waals surface area contributed by atoms with Gasteiger partial charge in [-0.05, 0) is 31.7 Å². The van der Waals surface area contributed by atoms with Gasteiger partial charge in [-0.2, -0.15) is 4.31 Å². The topological polar surface area (TPSA) is 103 Å². The second-order valence-corrected chi connectivity index (χ2v) is 10.0. The maximum atomic E-state index is 13.2. The van der Waals surface area contributed by atoms with E-state index in [0.717, 1.165) is 18.2 Å². The maximum absolute atomic E-state index is 13.2. The van der Waals surface area contributed by atoms with Crippen molar-refractivity contribution in [3.8, 4) is 0 Å². The minimum absolute atomic E-state index is 0.00170. The summed E-state index contributed by atoms with van der Waals surface area (Å²) in [5, 5.41) is 0. The summed E-state index contributed by atoms with van der Waals surface area (Å²) in [4.78, 5) is 35.2. The van der Waals surface area contributed by atoms with Crippen LogP contribution in [0.5, 0.6) is 0 Å². The molecule has 0 saturated carbocycles. The van der Waals surface area contributed by atoms with Gasteiger partial charge in [0.15, 0.2) is 0 Å². The highest BCUT2D eigenvalue weighted by molar-refractivity contribution is 7.88. The van der Waals surface area contributed by atoms with E-state index >= 15 is 0 Å². The number of nitrogens with zero attached hydrogens (tertiary/aromatic N) is 3. The number of H-pyrrole nitrogens is 1. The van der Waals surface area contributed by atoms with Crippen LogP contribution in [-0.4, -0.2) is 52.8 Å². The van der Waals surface area contributed by atoms with Crippen molar-refractivity contribution in [1.29, 1.82) is 0 Å². The van der Waals surface area contributed by atoms with Gasteiger partial charge in [0, 0.05) is 18.7 Å². The van der Waals surface area contributed by atoms with Crippen molar-refractivity contribution in [3.05, 3.63) is 63.3 Å². The molecule has 0 bridgehead atoms. The van der Waals surface area contributed by atoms with Crippen LogP contribution in [0.3, 0.4) is 0 Å². The van der Waals surface area contributed by atoms with Crippen molar-refractivity contribution in [2.24, 2.45) is 0 Å². The Bertz CT molecular complexity index is 1110. The molecule has 1 aromatic heterocycles. The number of benzene rings is 1. The second-order valence-electron chi connectivity index (χ2n) is 8.04. The first kappa shape index (κ1) is 20.7. The van der Waals surface area contributed by atoms with Gasteiger partial charge in [-0.1, -0.05) is 30.3 Å². The molecule has 30 heavy (non-hydrogen) atoms. The molecule has 0 unspecified atom stereocenters. The molecule has 8 nitrogen and oxygen atoms in total. The van der Waals surface area contributed by atoms with Crippen LogP contribution in [-0.2, 0) is 27.8 Å². The normalized spacial score (nSPS) is 20.7. The van der Waals surface area contributed by atoms with Gasteiger partial charge in [0.2, 0.25) is 15.9 Å². The Kier molecular flexibility index (Phi) is 5.50. The average Bonchev–Trinajstić information content (AvgIpc) is 3.22. The molecule has 3 heterocycles. The summed E-state index contributed by atoms with van der Waals surface area (Å²) in [5.74, 6) is 0.152. The second kappa shape index (κ2) is 7.96. The summed E-state index contributed by atoms with van der Waals surface area (Å²) >= 11 is 0. The zero-order valence-electron chi connectivity index (χ0n) is 17.2. The van der Waals surface area contributed by atoms with Crippen molar-refractivity contribution in [1.82, 2.24) is 19.2 Å². The zero-order chi connectivity index (χ0) is 21.5. The van der Waals surface area contributed by atoms with Gasteiger partial charge in [-0.15, -0.1) is 0 Å². The smallest absolute Gasteiger partial charge is 0.254 e. The number of fused-ring (bicyclic) bond motifs is 1. The fourth-order valence-corrected chi connectivity index (χ4v) is 5.10. The molecule has 1 amide bonds. The van der Waals surface area contributed by atoms with Crippen LogP contribution in [0.4, 0.5) is 0 Å². The van der Waals surface area contributed by atoms with E-state index in [1.807, 2.05) is 37.3 Å². The van der Waals surface area contributed by atoms with Crippen LogP contribution in [0.25, 0.3) is 0 Å². The number of sulfonamides is 1. The number of hydrogen-bond acceptors (Lipinski definition) is 5. The predicted molar refractivity (Wildman–Crippen MR) is 112 cm³/mol. The van der Waals surface area contributed by atoms with Gasteiger partial charge >= 0.3 is 0 Å². The number of nitrogens with one attached hydrogen (secondary N) is 1. The van der Waals surface area contributed by atoms with E-state index in [1.54, 1.807) is 4.90 Å². The van der Waals surface area contributed by atoms with Gasteiger partial charge in [0.25, 0.3) is 5.56 Å². The lowest BCUT2D eigenvalue weighted by atomic mass is 9.99. The van der Waals surface area contributed by atoms with Crippen LogP contribution in [0, 0.1) is 0 Å². The fourth-order valence-electron chi connectivity index (χ4n) is 4.32. The lowest BCUT2D eigenvalue weighted by Crippen LogP contribution is -2.40. The molecule has 1 N–H and O–H groups in total. The number of aromatic amines is 1. The van der Waals surface area contributed by atoms with Crippen molar-refractivity contribution in [3.63, 3.8) is 0 Å². The van der Waals surface area contributed by atoms with Crippen molar-refractivity contribution in [2.75, 3.05) is 19.3 Å². The Morgan fingerprint density at radius 2 is 1.97 bits per heavy atom. The largest absolute Gasteiger partial charge is 0.332 e. The Morgan fingerprint density at radius 3 is 2.67 bits per heavy atom. The lowest BCUT2D eigenvalue weighted by molar-refractivity contribution is -0.133. The van der Waals surface area contributed by atoms with Crippen LogP contribution in [0.2, 0.25) is 0 Å². The molecule has 1 fully saturated rings. The summed E-state index contributed by atoms with van der Waals surface area (Å²) in [6.45, 7) is 2.86. The SMILES string of the molecule is C[C@H](C(=O)N1CCC[C@H]1c1nc2c(c(=O)[nH]1)CCN(S(C)(=O)=O)C2)c1ccccc1. The summed E-state index contributed by atoms with van der Waals surface area (Å²) in [7, 11) is -3.36.